The third kappa shape index (κ3) is 3.90. The molecule has 3 rings (SSSR count). The summed E-state index contributed by atoms with van der Waals surface area (Å²) in [6.07, 6.45) is 0. The summed E-state index contributed by atoms with van der Waals surface area (Å²) in [5.41, 5.74) is 2.17. The van der Waals surface area contributed by atoms with Crippen LogP contribution in [0.3, 0.4) is 0 Å². The van der Waals surface area contributed by atoms with Crippen molar-refractivity contribution in [3.8, 4) is 0 Å². The van der Waals surface area contributed by atoms with Gasteiger partial charge in [-0.3, -0.25) is 4.79 Å². The van der Waals surface area contributed by atoms with Crippen molar-refractivity contribution in [2.75, 3.05) is 6.61 Å². The zero-order valence-electron chi connectivity index (χ0n) is 13.9. The van der Waals surface area contributed by atoms with Crippen molar-refractivity contribution in [3.63, 3.8) is 0 Å². The van der Waals surface area contributed by atoms with E-state index in [4.69, 9.17) is 40.2 Å². The molecule has 0 spiro atoms. The second-order valence-electron chi connectivity index (χ2n) is 5.69. The van der Waals surface area contributed by atoms with Crippen molar-refractivity contribution in [1.82, 2.24) is 5.32 Å². The normalized spacial score (nSPS) is 19.5. The van der Waals surface area contributed by atoms with Crippen LogP contribution in [0.5, 0.6) is 0 Å². The zero-order valence-corrected chi connectivity index (χ0v) is 16.2. The molecular formula is C19H16Cl2N2O2S. The van der Waals surface area contributed by atoms with E-state index in [1.807, 2.05) is 36.4 Å². The summed E-state index contributed by atoms with van der Waals surface area (Å²) in [5.74, 6) is -1.04. The number of esters is 1. The van der Waals surface area contributed by atoms with E-state index in [0.717, 1.165) is 11.1 Å². The smallest absolute Gasteiger partial charge is 0.317 e. The molecule has 7 heteroatoms. The minimum atomic E-state index is -0.665. The van der Waals surface area contributed by atoms with E-state index >= 15 is 0 Å². The predicted molar refractivity (Wildman–Crippen MR) is 108 cm³/mol. The van der Waals surface area contributed by atoms with E-state index in [2.05, 4.69) is 10.3 Å². The third-order valence-electron chi connectivity index (χ3n) is 4.04. The van der Waals surface area contributed by atoms with Crippen molar-refractivity contribution in [1.29, 1.82) is 0 Å². The maximum Gasteiger partial charge on any atom is 0.317 e. The van der Waals surface area contributed by atoms with Gasteiger partial charge in [-0.1, -0.05) is 59.6 Å². The monoisotopic (exact) mass is 406 g/mol. The first-order valence-corrected chi connectivity index (χ1v) is 9.23. The molecule has 0 aromatic heterocycles. The highest BCUT2D eigenvalue weighted by Gasteiger charge is 2.39. The largest absolute Gasteiger partial charge is 0.465 e. The van der Waals surface area contributed by atoms with Gasteiger partial charge in [-0.15, -0.1) is 0 Å². The van der Waals surface area contributed by atoms with Crippen LogP contribution in [0.4, 0.5) is 0 Å². The molecule has 0 aliphatic carbocycles. The summed E-state index contributed by atoms with van der Waals surface area (Å²) in [4.78, 5) is 17.2. The number of hydrogen-bond acceptors (Lipinski definition) is 3. The fourth-order valence-electron chi connectivity index (χ4n) is 2.90. The number of hydrogen-bond donors (Lipinski definition) is 1. The molecule has 0 fully saturated rings. The van der Waals surface area contributed by atoms with Gasteiger partial charge in [-0.25, -0.2) is 4.99 Å². The second kappa shape index (κ2) is 8.16. The summed E-state index contributed by atoms with van der Waals surface area (Å²) in [6.45, 7) is 2.04. The molecule has 1 aliphatic rings. The Bertz CT molecular complexity index is 871. The number of ether oxygens (including phenoxy) is 1. The number of nitrogens with zero attached hydrogens (tertiary/aromatic N) is 1. The SMILES string of the molecule is CCOC(=O)C1C(c2ccccc2)=NC(=S)NC1c1ccc(Cl)c(Cl)c1. The first-order chi connectivity index (χ1) is 12.5. The lowest BCUT2D eigenvalue weighted by Crippen LogP contribution is -2.45. The number of halogens is 2. The van der Waals surface area contributed by atoms with Gasteiger partial charge in [0.15, 0.2) is 5.11 Å². The molecule has 2 atom stereocenters. The molecule has 2 aromatic carbocycles. The molecule has 0 saturated heterocycles. The van der Waals surface area contributed by atoms with Crippen LogP contribution in [-0.4, -0.2) is 23.4 Å². The Kier molecular flexibility index (Phi) is 5.91. The highest BCUT2D eigenvalue weighted by atomic mass is 35.5. The number of aliphatic imine (C=N–C) groups is 1. The lowest BCUT2D eigenvalue weighted by molar-refractivity contribution is -0.146. The Morgan fingerprint density at radius 1 is 1.19 bits per heavy atom. The molecule has 0 radical (unpaired) electrons. The Morgan fingerprint density at radius 2 is 1.92 bits per heavy atom. The van der Waals surface area contributed by atoms with E-state index in [0.29, 0.717) is 20.9 Å². The van der Waals surface area contributed by atoms with E-state index in [1.165, 1.54) is 0 Å². The third-order valence-corrected chi connectivity index (χ3v) is 4.99. The van der Waals surface area contributed by atoms with Gasteiger partial charge in [0, 0.05) is 0 Å². The molecule has 0 bridgehead atoms. The first-order valence-electron chi connectivity index (χ1n) is 8.07. The second-order valence-corrected chi connectivity index (χ2v) is 6.89. The predicted octanol–water partition coefficient (Wildman–Crippen LogP) is 4.59. The Labute approximate surface area is 167 Å². The van der Waals surface area contributed by atoms with Gasteiger partial charge >= 0.3 is 5.97 Å². The zero-order chi connectivity index (χ0) is 18.7. The van der Waals surface area contributed by atoms with E-state index in [9.17, 15) is 4.79 Å². The van der Waals surface area contributed by atoms with Crippen molar-refractivity contribution in [2.24, 2.45) is 10.9 Å². The van der Waals surface area contributed by atoms with Crippen molar-refractivity contribution >= 4 is 52.2 Å². The van der Waals surface area contributed by atoms with Crippen LogP contribution >= 0.6 is 35.4 Å². The summed E-state index contributed by atoms with van der Waals surface area (Å²) >= 11 is 17.5. The Hall–Kier alpha value is -1.95. The maximum atomic E-state index is 12.8. The lowest BCUT2D eigenvalue weighted by Gasteiger charge is -2.32. The quantitative estimate of drug-likeness (QED) is 0.595. The van der Waals surface area contributed by atoms with Crippen molar-refractivity contribution in [3.05, 3.63) is 69.7 Å². The molecule has 26 heavy (non-hydrogen) atoms. The lowest BCUT2D eigenvalue weighted by atomic mass is 9.85. The molecule has 4 nitrogen and oxygen atoms in total. The van der Waals surface area contributed by atoms with Crippen LogP contribution in [0.2, 0.25) is 10.0 Å². The number of carbonyl (C=O) groups is 1. The maximum absolute atomic E-state index is 12.8. The highest BCUT2D eigenvalue weighted by molar-refractivity contribution is 7.80. The molecule has 134 valence electrons. The van der Waals surface area contributed by atoms with E-state index in [1.54, 1.807) is 19.1 Å². The Morgan fingerprint density at radius 3 is 2.58 bits per heavy atom. The molecule has 0 saturated carbocycles. The fraction of sp³-hybridized carbons (Fsp3) is 0.211. The molecular weight excluding hydrogens is 391 g/mol. The number of carbonyl (C=O) groups excluding carboxylic acids is 1. The van der Waals surface area contributed by atoms with E-state index < -0.39 is 12.0 Å². The number of rotatable bonds is 4. The van der Waals surface area contributed by atoms with Crippen molar-refractivity contribution in [2.45, 2.75) is 13.0 Å². The highest BCUT2D eigenvalue weighted by Crippen LogP contribution is 2.33. The van der Waals surface area contributed by atoms with Gasteiger partial charge in [0.25, 0.3) is 0 Å². The van der Waals surface area contributed by atoms with Crippen molar-refractivity contribution < 1.29 is 9.53 Å². The molecule has 0 amide bonds. The average Bonchev–Trinajstić information content (AvgIpc) is 2.64. The summed E-state index contributed by atoms with van der Waals surface area (Å²) in [5, 5.41) is 4.26. The number of thiocarbonyl (C=S) groups is 1. The molecule has 1 heterocycles. The van der Waals surface area contributed by atoms with Crippen LogP contribution < -0.4 is 5.32 Å². The summed E-state index contributed by atoms with van der Waals surface area (Å²) < 4.78 is 5.31. The number of benzene rings is 2. The minimum absolute atomic E-state index is 0.274. The van der Waals surface area contributed by atoms with Crippen LogP contribution in [0.15, 0.2) is 53.5 Å². The summed E-state index contributed by atoms with van der Waals surface area (Å²) in [6, 6.07) is 14.2. The van der Waals surface area contributed by atoms with Crippen LogP contribution in [0.25, 0.3) is 0 Å². The Balaban J connectivity index is 2.10. The van der Waals surface area contributed by atoms with E-state index in [-0.39, 0.29) is 12.6 Å². The molecule has 1 aliphatic heterocycles. The van der Waals surface area contributed by atoms with Gasteiger partial charge < -0.3 is 10.1 Å². The average molecular weight is 407 g/mol. The van der Waals surface area contributed by atoms with Gasteiger partial charge in [-0.2, -0.15) is 0 Å². The molecule has 2 unspecified atom stereocenters. The molecule has 1 N–H and O–H groups in total. The van der Waals surface area contributed by atoms with Crippen LogP contribution in [0, 0.1) is 5.92 Å². The summed E-state index contributed by atoms with van der Waals surface area (Å²) in [7, 11) is 0. The first kappa shape index (κ1) is 18.8. The van der Waals surface area contributed by atoms with Gasteiger partial charge in [0.1, 0.15) is 5.92 Å². The topological polar surface area (TPSA) is 50.7 Å². The number of nitrogens with one attached hydrogen (secondary N) is 1. The van der Waals surface area contributed by atoms with Gasteiger partial charge in [0.2, 0.25) is 0 Å². The standard InChI is InChI=1S/C19H16Cl2N2O2S/c1-2-25-18(24)15-16(11-6-4-3-5-7-11)22-19(26)23-17(15)12-8-9-13(20)14(21)10-12/h3-10,15,17H,2H2,1H3,(H,23,26). The molecule has 2 aromatic rings. The fourth-order valence-corrected chi connectivity index (χ4v) is 3.43. The van der Waals surface area contributed by atoms with Gasteiger partial charge in [0.05, 0.1) is 28.4 Å². The minimum Gasteiger partial charge on any atom is -0.465 e. The van der Waals surface area contributed by atoms with Crippen LogP contribution in [-0.2, 0) is 9.53 Å². The van der Waals surface area contributed by atoms with Gasteiger partial charge in [-0.05, 0) is 42.4 Å². The van der Waals surface area contributed by atoms with Crippen LogP contribution in [0.1, 0.15) is 24.1 Å².